The van der Waals surface area contributed by atoms with E-state index in [0.717, 1.165) is 11.1 Å². The number of rotatable bonds is 6. The Morgan fingerprint density at radius 1 is 1.17 bits per heavy atom. The molecule has 4 aromatic rings. The number of phenolic OH excluding ortho intramolecular Hbond substituents is 1. The summed E-state index contributed by atoms with van der Waals surface area (Å²) in [5.41, 5.74) is 3.50. The molecule has 1 unspecified atom stereocenters. The standard InChI is InChI=1S/C25H21ClN6O2S/c1-15-21(23(34)29-18-6-4-12-27-13-18)22(16-8-10-19(33)11-9-16)32-24(28-15)30-25(31-32)35-14-17-5-2-3-7-20(17)26/h2-13,22,33H,14H2,1H3,(H,29,34)(H,28,30,31). The molecule has 0 saturated carbocycles. The number of fused-ring (bicyclic) bond motifs is 1. The van der Waals surface area contributed by atoms with Crippen LogP contribution in [0.3, 0.4) is 0 Å². The molecule has 0 spiro atoms. The minimum atomic E-state index is -0.550. The lowest BCUT2D eigenvalue weighted by Crippen LogP contribution is -2.31. The van der Waals surface area contributed by atoms with Crippen LogP contribution in [0.15, 0.2) is 89.5 Å². The SMILES string of the molecule is CC1=C(C(=O)Nc2cccnc2)C(c2ccc(O)cc2)n2nc(SCc3ccccc3Cl)nc2N1. The highest BCUT2D eigenvalue weighted by molar-refractivity contribution is 7.98. The summed E-state index contributed by atoms with van der Waals surface area (Å²) >= 11 is 7.76. The lowest BCUT2D eigenvalue weighted by atomic mass is 9.95. The molecule has 1 aliphatic rings. The molecule has 3 heterocycles. The summed E-state index contributed by atoms with van der Waals surface area (Å²) in [5.74, 6) is 0.987. The quantitative estimate of drug-likeness (QED) is 0.308. The number of carbonyl (C=O) groups excluding carboxylic acids is 1. The third-order valence-electron chi connectivity index (χ3n) is 5.52. The summed E-state index contributed by atoms with van der Waals surface area (Å²) in [6.45, 7) is 1.83. The van der Waals surface area contributed by atoms with Crippen molar-refractivity contribution in [3.8, 4) is 5.75 Å². The number of phenols is 1. The third-order valence-corrected chi connectivity index (χ3v) is 6.78. The first-order chi connectivity index (χ1) is 17.0. The summed E-state index contributed by atoms with van der Waals surface area (Å²) in [7, 11) is 0. The van der Waals surface area contributed by atoms with E-state index in [1.165, 1.54) is 11.8 Å². The molecular formula is C25H21ClN6O2S. The Morgan fingerprint density at radius 3 is 2.71 bits per heavy atom. The number of hydrogen-bond donors (Lipinski definition) is 3. The maximum absolute atomic E-state index is 13.4. The van der Waals surface area contributed by atoms with Gasteiger partial charge < -0.3 is 15.7 Å². The lowest BCUT2D eigenvalue weighted by molar-refractivity contribution is -0.113. The van der Waals surface area contributed by atoms with Gasteiger partial charge in [0.05, 0.1) is 17.5 Å². The summed E-state index contributed by atoms with van der Waals surface area (Å²) in [4.78, 5) is 22.1. The maximum Gasteiger partial charge on any atom is 0.255 e. The van der Waals surface area contributed by atoms with Gasteiger partial charge in [0.25, 0.3) is 5.91 Å². The Balaban J connectivity index is 1.49. The van der Waals surface area contributed by atoms with Crippen molar-refractivity contribution in [1.29, 1.82) is 0 Å². The van der Waals surface area contributed by atoms with Crippen molar-refractivity contribution < 1.29 is 9.90 Å². The molecule has 0 fully saturated rings. The number of thioether (sulfide) groups is 1. The highest BCUT2D eigenvalue weighted by Gasteiger charge is 2.34. The number of allylic oxidation sites excluding steroid dienone is 1. The second-order valence-electron chi connectivity index (χ2n) is 7.90. The van der Waals surface area contributed by atoms with Crippen LogP contribution in [0.25, 0.3) is 0 Å². The highest BCUT2D eigenvalue weighted by Crippen LogP contribution is 2.37. The number of amides is 1. The number of hydrogen-bond acceptors (Lipinski definition) is 7. The first-order valence-corrected chi connectivity index (χ1v) is 12.2. The molecule has 8 nitrogen and oxygen atoms in total. The molecule has 1 atom stereocenters. The van der Waals surface area contributed by atoms with Gasteiger partial charge in [-0.3, -0.25) is 9.78 Å². The molecule has 10 heteroatoms. The smallest absolute Gasteiger partial charge is 0.255 e. The van der Waals surface area contributed by atoms with E-state index in [1.807, 2.05) is 31.2 Å². The Morgan fingerprint density at radius 2 is 1.97 bits per heavy atom. The van der Waals surface area contributed by atoms with E-state index in [4.69, 9.17) is 16.7 Å². The van der Waals surface area contributed by atoms with Crippen molar-refractivity contribution in [3.05, 3.63) is 100 Å². The monoisotopic (exact) mass is 504 g/mol. The van der Waals surface area contributed by atoms with Crippen LogP contribution < -0.4 is 10.6 Å². The number of aromatic nitrogens is 4. The average Bonchev–Trinajstić information content (AvgIpc) is 3.26. The van der Waals surface area contributed by atoms with Crippen LogP contribution in [0.5, 0.6) is 5.75 Å². The molecule has 0 radical (unpaired) electrons. The number of benzene rings is 2. The van der Waals surface area contributed by atoms with E-state index in [2.05, 4.69) is 20.6 Å². The van der Waals surface area contributed by atoms with Crippen LogP contribution in [0.1, 0.15) is 24.1 Å². The number of pyridine rings is 1. The minimum Gasteiger partial charge on any atom is -0.508 e. The van der Waals surface area contributed by atoms with E-state index in [1.54, 1.807) is 53.5 Å². The fraction of sp³-hybridized carbons (Fsp3) is 0.120. The Hall–Kier alpha value is -3.82. The molecule has 2 aromatic carbocycles. The van der Waals surface area contributed by atoms with Crippen molar-refractivity contribution in [1.82, 2.24) is 19.7 Å². The average molecular weight is 505 g/mol. The highest BCUT2D eigenvalue weighted by atomic mass is 35.5. The summed E-state index contributed by atoms with van der Waals surface area (Å²) in [6.07, 6.45) is 3.23. The summed E-state index contributed by atoms with van der Waals surface area (Å²) < 4.78 is 1.70. The second-order valence-corrected chi connectivity index (χ2v) is 9.25. The zero-order chi connectivity index (χ0) is 24.4. The molecule has 0 aliphatic carbocycles. The van der Waals surface area contributed by atoms with Crippen LogP contribution in [0, 0.1) is 0 Å². The number of anilines is 2. The summed E-state index contributed by atoms with van der Waals surface area (Å²) in [6, 6.07) is 17.4. The van der Waals surface area contributed by atoms with Crippen LogP contribution in [-0.4, -0.2) is 30.8 Å². The van der Waals surface area contributed by atoms with E-state index in [9.17, 15) is 9.90 Å². The summed E-state index contributed by atoms with van der Waals surface area (Å²) in [5, 5.41) is 21.9. The van der Waals surface area contributed by atoms with E-state index in [0.29, 0.717) is 38.8 Å². The number of halogens is 1. The predicted molar refractivity (Wildman–Crippen MR) is 136 cm³/mol. The first kappa shape index (κ1) is 22.9. The van der Waals surface area contributed by atoms with Gasteiger partial charge in [0.1, 0.15) is 11.8 Å². The van der Waals surface area contributed by atoms with Crippen molar-refractivity contribution >= 4 is 40.9 Å². The van der Waals surface area contributed by atoms with Crippen molar-refractivity contribution in [3.63, 3.8) is 0 Å². The predicted octanol–water partition coefficient (Wildman–Crippen LogP) is 5.25. The van der Waals surface area contributed by atoms with Crippen LogP contribution >= 0.6 is 23.4 Å². The number of aromatic hydroxyl groups is 1. The van der Waals surface area contributed by atoms with Gasteiger partial charge in [0, 0.05) is 22.7 Å². The van der Waals surface area contributed by atoms with Gasteiger partial charge in [-0.1, -0.05) is 53.7 Å². The largest absolute Gasteiger partial charge is 0.508 e. The molecule has 0 bridgehead atoms. The number of nitrogens with one attached hydrogen (secondary N) is 2. The van der Waals surface area contributed by atoms with Crippen molar-refractivity contribution in [2.24, 2.45) is 0 Å². The number of nitrogens with zero attached hydrogens (tertiary/aromatic N) is 4. The topological polar surface area (TPSA) is 105 Å². The van der Waals surface area contributed by atoms with Crippen molar-refractivity contribution in [2.45, 2.75) is 23.9 Å². The third kappa shape index (κ3) is 4.87. The van der Waals surface area contributed by atoms with Gasteiger partial charge in [0.2, 0.25) is 11.1 Å². The molecule has 0 saturated heterocycles. The Labute approximate surface area is 211 Å². The molecule has 35 heavy (non-hydrogen) atoms. The molecule has 1 amide bonds. The Bertz CT molecular complexity index is 1410. The molecule has 176 valence electrons. The zero-order valence-corrected chi connectivity index (χ0v) is 20.2. The van der Waals surface area contributed by atoms with Crippen LogP contribution in [0.4, 0.5) is 11.6 Å². The normalized spacial score (nSPS) is 14.9. The fourth-order valence-electron chi connectivity index (χ4n) is 3.84. The van der Waals surface area contributed by atoms with Crippen LogP contribution in [0.2, 0.25) is 5.02 Å². The lowest BCUT2D eigenvalue weighted by Gasteiger charge is -2.28. The molecule has 5 rings (SSSR count). The molecule has 1 aliphatic heterocycles. The maximum atomic E-state index is 13.4. The van der Waals surface area contributed by atoms with E-state index >= 15 is 0 Å². The molecule has 3 N–H and O–H groups in total. The molecule has 2 aromatic heterocycles. The molecular weight excluding hydrogens is 484 g/mol. The minimum absolute atomic E-state index is 0.138. The van der Waals surface area contributed by atoms with Gasteiger partial charge in [-0.25, -0.2) is 4.68 Å². The van der Waals surface area contributed by atoms with Crippen LogP contribution in [-0.2, 0) is 10.5 Å². The zero-order valence-electron chi connectivity index (χ0n) is 18.6. The van der Waals surface area contributed by atoms with E-state index in [-0.39, 0.29) is 11.7 Å². The number of carbonyl (C=O) groups is 1. The fourth-order valence-corrected chi connectivity index (χ4v) is 4.96. The second kappa shape index (κ2) is 9.81. The first-order valence-electron chi connectivity index (χ1n) is 10.8. The van der Waals surface area contributed by atoms with Crippen molar-refractivity contribution in [2.75, 3.05) is 10.6 Å². The van der Waals surface area contributed by atoms with Gasteiger partial charge in [-0.15, -0.1) is 5.10 Å². The Kier molecular flexibility index (Phi) is 6.43. The van der Waals surface area contributed by atoms with Gasteiger partial charge in [-0.2, -0.15) is 4.98 Å². The van der Waals surface area contributed by atoms with Gasteiger partial charge in [0.15, 0.2) is 0 Å². The van der Waals surface area contributed by atoms with Gasteiger partial charge in [-0.05, 0) is 48.4 Å². The van der Waals surface area contributed by atoms with Gasteiger partial charge >= 0.3 is 0 Å². The van der Waals surface area contributed by atoms with E-state index < -0.39 is 6.04 Å².